The van der Waals surface area contributed by atoms with Crippen LogP contribution in [0.3, 0.4) is 0 Å². The zero-order valence-corrected chi connectivity index (χ0v) is 12.2. The number of nitrogens with zero attached hydrogens (tertiary/aromatic N) is 1. The Hall–Kier alpha value is -1.35. The molecule has 1 aromatic rings. The molecule has 1 atom stereocenters. The SMILES string of the molecule is Cc1ccc(C(=O)N(C)CC2CCCNC2)c(C)c1. The average molecular weight is 260 g/mol. The van der Waals surface area contributed by atoms with Crippen molar-refractivity contribution in [3.05, 3.63) is 34.9 Å². The van der Waals surface area contributed by atoms with E-state index < -0.39 is 0 Å². The maximum absolute atomic E-state index is 12.5. The lowest BCUT2D eigenvalue weighted by Crippen LogP contribution is -2.39. The van der Waals surface area contributed by atoms with Crippen LogP contribution in [0, 0.1) is 19.8 Å². The number of carbonyl (C=O) groups is 1. The molecular weight excluding hydrogens is 236 g/mol. The molecule has 1 fully saturated rings. The molecule has 0 aromatic heterocycles. The van der Waals surface area contributed by atoms with E-state index in [2.05, 4.69) is 18.3 Å². The molecule has 2 rings (SSSR count). The topological polar surface area (TPSA) is 32.3 Å². The Bertz CT molecular complexity index is 450. The molecule has 3 nitrogen and oxygen atoms in total. The summed E-state index contributed by atoms with van der Waals surface area (Å²) in [6.45, 7) is 7.06. The van der Waals surface area contributed by atoms with Crippen LogP contribution in [0.25, 0.3) is 0 Å². The van der Waals surface area contributed by atoms with Gasteiger partial charge >= 0.3 is 0 Å². The maximum atomic E-state index is 12.5. The van der Waals surface area contributed by atoms with Crippen LogP contribution in [0.15, 0.2) is 18.2 Å². The molecule has 1 aliphatic rings. The zero-order valence-electron chi connectivity index (χ0n) is 12.2. The molecule has 1 aliphatic heterocycles. The van der Waals surface area contributed by atoms with Crippen molar-refractivity contribution in [2.45, 2.75) is 26.7 Å². The van der Waals surface area contributed by atoms with E-state index in [0.717, 1.165) is 30.8 Å². The number of hydrogen-bond donors (Lipinski definition) is 1. The lowest BCUT2D eigenvalue weighted by molar-refractivity contribution is 0.0764. The summed E-state index contributed by atoms with van der Waals surface area (Å²) in [6.07, 6.45) is 2.44. The Morgan fingerprint density at radius 2 is 2.21 bits per heavy atom. The van der Waals surface area contributed by atoms with E-state index >= 15 is 0 Å². The predicted molar refractivity (Wildman–Crippen MR) is 78.5 cm³/mol. The average Bonchev–Trinajstić information content (AvgIpc) is 2.39. The van der Waals surface area contributed by atoms with Gasteiger partial charge in [-0.2, -0.15) is 0 Å². The number of carbonyl (C=O) groups excluding carboxylic acids is 1. The second-order valence-electron chi connectivity index (χ2n) is 5.72. The van der Waals surface area contributed by atoms with Gasteiger partial charge in [0.05, 0.1) is 0 Å². The summed E-state index contributed by atoms with van der Waals surface area (Å²) in [5.41, 5.74) is 3.10. The third kappa shape index (κ3) is 3.57. The smallest absolute Gasteiger partial charge is 0.253 e. The second kappa shape index (κ2) is 6.20. The predicted octanol–water partition coefficient (Wildman–Crippen LogP) is 2.38. The second-order valence-corrected chi connectivity index (χ2v) is 5.72. The first kappa shape index (κ1) is 14.1. The van der Waals surface area contributed by atoms with Crippen LogP contribution in [0.5, 0.6) is 0 Å². The Kier molecular flexibility index (Phi) is 4.59. The molecule has 0 bridgehead atoms. The van der Waals surface area contributed by atoms with Gasteiger partial charge in [-0.1, -0.05) is 17.7 Å². The number of hydrogen-bond acceptors (Lipinski definition) is 2. The van der Waals surface area contributed by atoms with Gasteiger partial charge in [0.25, 0.3) is 5.91 Å². The van der Waals surface area contributed by atoms with Crippen molar-refractivity contribution >= 4 is 5.91 Å². The monoisotopic (exact) mass is 260 g/mol. The minimum atomic E-state index is 0.142. The van der Waals surface area contributed by atoms with Gasteiger partial charge in [0.1, 0.15) is 0 Å². The third-order valence-electron chi connectivity index (χ3n) is 3.89. The first-order valence-electron chi connectivity index (χ1n) is 7.11. The number of aryl methyl sites for hydroxylation is 2. The highest BCUT2D eigenvalue weighted by atomic mass is 16.2. The fourth-order valence-corrected chi connectivity index (χ4v) is 2.81. The van der Waals surface area contributed by atoms with Crippen LogP contribution < -0.4 is 5.32 Å². The van der Waals surface area contributed by atoms with E-state index in [1.165, 1.54) is 18.4 Å². The minimum absolute atomic E-state index is 0.142. The van der Waals surface area contributed by atoms with Gasteiger partial charge < -0.3 is 10.2 Å². The molecule has 0 saturated carbocycles. The zero-order chi connectivity index (χ0) is 13.8. The van der Waals surface area contributed by atoms with Crippen molar-refractivity contribution in [3.8, 4) is 0 Å². The normalized spacial score (nSPS) is 19.2. The molecule has 1 heterocycles. The summed E-state index contributed by atoms with van der Waals surface area (Å²) in [4.78, 5) is 14.3. The van der Waals surface area contributed by atoms with E-state index in [-0.39, 0.29) is 5.91 Å². The Balaban J connectivity index is 2.01. The van der Waals surface area contributed by atoms with Gasteiger partial charge in [-0.05, 0) is 57.3 Å². The molecule has 0 radical (unpaired) electrons. The van der Waals surface area contributed by atoms with Crippen LogP contribution in [0.1, 0.15) is 34.3 Å². The summed E-state index contributed by atoms with van der Waals surface area (Å²) in [5, 5.41) is 3.40. The molecule has 19 heavy (non-hydrogen) atoms. The lowest BCUT2D eigenvalue weighted by Gasteiger charge is -2.28. The minimum Gasteiger partial charge on any atom is -0.341 e. The molecule has 1 unspecified atom stereocenters. The summed E-state index contributed by atoms with van der Waals surface area (Å²) >= 11 is 0. The number of piperidine rings is 1. The Labute approximate surface area is 116 Å². The lowest BCUT2D eigenvalue weighted by atomic mass is 9.98. The van der Waals surface area contributed by atoms with Gasteiger partial charge in [0.15, 0.2) is 0 Å². The fourth-order valence-electron chi connectivity index (χ4n) is 2.81. The number of benzene rings is 1. The highest BCUT2D eigenvalue weighted by Gasteiger charge is 2.19. The summed E-state index contributed by atoms with van der Waals surface area (Å²) < 4.78 is 0. The molecule has 104 valence electrons. The van der Waals surface area contributed by atoms with Gasteiger partial charge in [0.2, 0.25) is 0 Å². The summed E-state index contributed by atoms with van der Waals surface area (Å²) in [5.74, 6) is 0.733. The molecular formula is C16H24N2O. The Morgan fingerprint density at radius 3 is 2.84 bits per heavy atom. The largest absolute Gasteiger partial charge is 0.341 e. The van der Waals surface area contributed by atoms with Crippen molar-refractivity contribution in [1.29, 1.82) is 0 Å². The highest BCUT2D eigenvalue weighted by Crippen LogP contribution is 2.16. The first-order valence-corrected chi connectivity index (χ1v) is 7.11. The first-order chi connectivity index (χ1) is 9.08. The van der Waals surface area contributed by atoms with E-state index in [9.17, 15) is 4.79 Å². The van der Waals surface area contributed by atoms with Crippen molar-refractivity contribution < 1.29 is 4.79 Å². The van der Waals surface area contributed by atoms with Crippen molar-refractivity contribution in [1.82, 2.24) is 10.2 Å². The van der Waals surface area contributed by atoms with Gasteiger partial charge in [-0.3, -0.25) is 4.79 Å². The van der Waals surface area contributed by atoms with Gasteiger partial charge in [-0.25, -0.2) is 0 Å². The molecule has 1 saturated heterocycles. The fraction of sp³-hybridized carbons (Fsp3) is 0.562. The van der Waals surface area contributed by atoms with Crippen LogP contribution in [0.2, 0.25) is 0 Å². The van der Waals surface area contributed by atoms with E-state index in [1.807, 2.05) is 31.0 Å². The molecule has 1 aromatic carbocycles. The van der Waals surface area contributed by atoms with Crippen LogP contribution >= 0.6 is 0 Å². The number of amides is 1. The standard InChI is InChI=1S/C16H24N2O/c1-12-6-7-15(13(2)9-12)16(19)18(3)11-14-5-4-8-17-10-14/h6-7,9,14,17H,4-5,8,10-11H2,1-3H3. The van der Waals surface area contributed by atoms with Crippen molar-refractivity contribution in [3.63, 3.8) is 0 Å². The highest BCUT2D eigenvalue weighted by molar-refractivity contribution is 5.95. The summed E-state index contributed by atoms with van der Waals surface area (Å²) in [7, 11) is 1.91. The molecule has 0 spiro atoms. The van der Waals surface area contributed by atoms with Gasteiger partial charge in [0, 0.05) is 19.2 Å². The van der Waals surface area contributed by atoms with Crippen molar-refractivity contribution in [2.24, 2.45) is 5.92 Å². The van der Waals surface area contributed by atoms with Crippen LogP contribution in [0.4, 0.5) is 0 Å². The quantitative estimate of drug-likeness (QED) is 0.905. The molecule has 3 heteroatoms. The van der Waals surface area contributed by atoms with E-state index in [1.54, 1.807) is 0 Å². The molecule has 1 N–H and O–H groups in total. The van der Waals surface area contributed by atoms with Crippen LogP contribution in [-0.2, 0) is 0 Å². The summed E-state index contributed by atoms with van der Waals surface area (Å²) in [6, 6.07) is 6.03. The molecule has 1 amide bonds. The van der Waals surface area contributed by atoms with Crippen LogP contribution in [-0.4, -0.2) is 37.5 Å². The number of rotatable bonds is 3. The molecule has 0 aliphatic carbocycles. The third-order valence-corrected chi connectivity index (χ3v) is 3.89. The van der Waals surface area contributed by atoms with E-state index in [0.29, 0.717) is 5.92 Å². The van der Waals surface area contributed by atoms with Crippen molar-refractivity contribution in [2.75, 3.05) is 26.7 Å². The number of nitrogens with one attached hydrogen (secondary N) is 1. The Morgan fingerprint density at radius 1 is 1.42 bits per heavy atom. The van der Waals surface area contributed by atoms with E-state index in [4.69, 9.17) is 0 Å². The maximum Gasteiger partial charge on any atom is 0.253 e. The van der Waals surface area contributed by atoms with Gasteiger partial charge in [-0.15, -0.1) is 0 Å².